The van der Waals surface area contributed by atoms with Crippen LogP contribution in [0, 0.1) is 6.92 Å². The number of amides is 1. The van der Waals surface area contributed by atoms with Gasteiger partial charge in [-0.2, -0.15) is 0 Å². The Kier molecular flexibility index (Phi) is 5.98. The van der Waals surface area contributed by atoms with E-state index in [-0.39, 0.29) is 5.75 Å². The first-order chi connectivity index (χ1) is 8.93. The summed E-state index contributed by atoms with van der Waals surface area (Å²) in [6, 6.07) is 7.23. The topological polar surface area (TPSA) is 89.3 Å². The van der Waals surface area contributed by atoms with Gasteiger partial charge in [-0.1, -0.05) is 12.1 Å². The molecule has 1 aromatic carbocycles. The van der Waals surface area contributed by atoms with Gasteiger partial charge in [0.15, 0.2) is 9.84 Å². The van der Waals surface area contributed by atoms with Crippen LogP contribution in [0.25, 0.3) is 0 Å². The highest BCUT2D eigenvalue weighted by atomic mass is 32.2. The van der Waals surface area contributed by atoms with Gasteiger partial charge < -0.3 is 11.1 Å². The number of anilines is 1. The molecule has 0 aromatic heterocycles. The highest BCUT2D eigenvalue weighted by Crippen LogP contribution is 2.09. The molecule has 0 saturated heterocycles. The van der Waals surface area contributed by atoms with Crippen molar-refractivity contribution in [3.05, 3.63) is 29.8 Å². The van der Waals surface area contributed by atoms with E-state index in [1.807, 2.05) is 13.0 Å². The third-order valence-corrected chi connectivity index (χ3v) is 4.18. The molecule has 1 rings (SSSR count). The van der Waals surface area contributed by atoms with E-state index < -0.39 is 21.5 Å². The molecule has 0 atom stereocenters. The van der Waals surface area contributed by atoms with Gasteiger partial charge in [-0.05, 0) is 44.0 Å². The Morgan fingerprint density at radius 1 is 1.32 bits per heavy atom. The highest BCUT2D eigenvalue weighted by Gasteiger charge is 2.16. The fraction of sp³-hybridized carbons (Fsp3) is 0.462. The van der Waals surface area contributed by atoms with Crippen LogP contribution in [-0.2, 0) is 14.6 Å². The molecular formula is C13H20N2O3S. The SMILES string of the molecule is Cc1cccc(NC(=O)CS(=O)(=O)CCCCN)c1. The van der Waals surface area contributed by atoms with Gasteiger partial charge in [0.2, 0.25) is 5.91 Å². The maximum atomic E-state index is 11.7. The lowest BCUT2D eigenvalue weighted by Crippen LogP contribution is -2.25. The van der Waals surface area contributed by atoms with Gasteiger partial charge in [0.25, 0.3) is 0 Å². The molecule has 0 fully saturated rings. The Bertz CT molecular complexity index is 526. The average Bonchev–Trinajstić information content (AvgIpc) is 2.27. The zero-order chi connectivity index (χ0) is 14.3. The third kappa shape index (κ3) is 6.35. The Hall–Kier alpha value is -1.40. The lowest BCUT2D eigenvalue weighted by Gasteiger charge is -2.07. The molecule has 106 valence electrons. The summed E-state index contributed by atoms with van der Waals surface area (Å²) < 4.78 is 23.3. The first kappa shape index (κ1) is 15.7. The second-order valence-electron chi connectivity index (χ2n) is 4.51. The molecule has 0 heterocycles. The van der Waals surface area contributed by atoms with Crippen LogP contribution >= 0.6 is 0 Å². The Morgan fingerprint density at radius 2 is 2.05 bits per heavy atom. The minimum absolute atomic E-state index is 0.00539. The normalized spacial score (nSPS) is 11.3. The number of nitrogens with two attached hydrogens (primary N) is 1. The second-order valence-corrected chi connectivity index (χ2v) is 6.69. The van der Waals surface area contributed by atoms with Crippen LogP contribution in [-0.4, -0.2) is 32.4 Å². The number of unbranched alkanes of at least 4 members (excludes halogenated alkanes) is 1. The number of carbonyl (C=O) groups is 1. The molecule has 0 aliphatic rings. The molecule has 0 radical (unpaired) electrons. The Labute approximate surface area is 114 Å². The minimum Gasteiger partial charge on any atom is -0.330 e. The average molecular weight is 284 g/mol. The van der Waals surface area contributed by atoms with Gasteiger partial charge in [-0.15, -0.1) is 0 Å². The summed E-state index contributed by atoms with van der Waals surface area (Å²) >= 11 is 0. The van der Waals surface area contributed by atoms with E-state index >= 15 is 0 Å². The molecule has 1 aromatic rings. The van der Waals surface area contributed by atoms with Crippen LogP contribution in [0.3, 0.4) is 0 Å². The molecule has 5 nitrogen and oxygen atoms in total. The fourth-order valence-corrected chi connectivity index (χ4v) is 2.92. The van der Waals surface area contributed by atoms with Gasteiger partial charge in [0, 0.05) is 5.69 Å². The smallest absolute Gasteiger partial charge is 0.239 e. The van der Waals surface area contributed by atoms with Crippen molar-refractivity contribution in [2.24, 2.45) is 5.73 Å². The van der Waals surface area contributed by atoms with Gasteiger partial charge in [0.05, 0.1) is 5.75 Å². The summed E-state index contributed by atoms with van der Waals surface area (Å²) in [4.78, 5) is 11.7. The lowest BCUT2D eigenvalue weighted by atomic mass is 10.2. The van der Waals surface area contributed by atoms with E-state index in [2.05, 4.69) is 5.32 Å². The maximum Gasteiger partial charge on any atom is 0.239 e. The second kappa shape index (κ2) is 7.25. The van der Waals surface area contributed by atoms with Crippen LogP contribution in [0.15, 0.2) is 24.3 Å². The fourth-order valence-electron chi connectivity index (χ4n) is 1.66. The van der Waals surface area contributed by atoms with Crippen molar-refractivity contribution in [3.63, 3.8) is 0 Å². The summed E-state index contributed by atoms with van der Waals surface area (Å²) in [5, 5.41) is 2.59. The van der Waals surface area contributed by atoms with Crippen LogP contribution in [0.4, 0.5) is 5.69 Å². The highest BCUT2D eigenvalue weighted by molar-refractivity contribution is 7.92. The van der Waals surface area contributed by atoms with E-state index in [0.717, 1.165) is 5.56 Å². The maximum absolute atomic E-state index is 11.7. The van der Waals surface area contributed by atoms with Gasteiger partial charge in [-0.3, -0.25) is 4.79 Å². The van der Waals surface area contributed by atoms with E-state index in [1.54, 1.807) is 18.2 Å². The molecule has 3 N–H and O–H groups in total. The Morgan fingerprint density at radius 3 is 2.68 bits per heavy atom. The zero-order valence-electron chi connectivity index (χ0n) is 11.1. The quantitative estimate of drug-likeness (QED) is 0.733. The molecule has 6 heteroatoms. The van der Waals surface area contributed by atoms with Gasteiger partial charge in [-0.25, -0.2) is 8.42 Å². The van der Waals surface area contributed by atoms with Crippen molar-refractivity contribution in [2.45, 2.75) is 19.8 Å². The molecule has 0 spiro atoms. The van der Waals surface area contributed by atoms with Gasteiger partial charge >= 0.3 is 0 Å². The van der Waals surface area contributed by atoms with Crippen molar-refractivity contribution in [1.82, 2.24) is 0 Å². The third-order valence-electron chi connectivity index (χ3n) is 2.56. The standard InChI is InChI=1S/C13H20N2O3S/c1-11-5-4-6-12(9-11)15-13(16)10-19(17,18)8-3-2-7-14/h4-6,9H,2-3,7-8,10,14H2,1H3,(H,15,16). The van der Waals surface area contributed by atoms with Crippen LogP contribution in [0.5, 0.6) is 0 Å². The summed E-state index contributed by atoms with van der Waals surface area (Å²) in [6.45, 7) is 2.37. The van der Waals surface area contributed by atoms with Crippen molar-refractivity contribution in [3.8, 4) is 0 Å². The lowest BCUT2D eigenvalue weighted by molar-refractivity contribution is -0.113. The number of benzene rings is 1. The van der Waals surface area contributed by atoms with Crippen molar-refractivity contribution in [1.29, 1.82) is 0 Å². The molecule has 0 aliphatic carbocycles. The first-order valence-corrected chi connectivity index (χ1v) is 8.02. The van der Waals surface area contributed by atoms with Gasteiger partial charge in [0.1, 0.15) is 5.75 Å². The van der Waals surface area contributed by atoms with Crippen molar-refractivity contribution < 1.29 is 13.2 Å². The number of sulfone groups is 1. The molecule has 0 unspecified atom stereocenters. The van der Waals surface area contributed by atoms with E-state index in [9.17, 15) is 13.2 Å². The number of hydrogen-bond acceptors (Lipinski definition) is 4. The van der Waals surface area contributed by atoms with Crippen molar-refractivity contribution >= 4 is 21.4 Å². The molecule has 1 amide bonds. The number of nitrogens with one attached hydrogen (secondary N) is 1. The first-order valence-electron chi connectivity index (χ1n) is 6.20. The summed E-state index contributed by atoms with van der Waals surface area (Å²) in [5.41, 5.74) is 6.92. The predicted molar refractivity (Wildman–Crippen MR) is 76.8 cm³/mol. The number of aryl methyl sites for hydroxylation is 1. The minimum atomic E-state index is -3.35. The van der Waals surface area contributed by atoms with Crippen molar-refractivity contribution in [2.75, 3.05) is 23.4 Å². The zero-order valence-corrected chi connectivity index (χ0v) is 11.9. The van der Waals surface area contributed by atoms with E-state index in [4.69, 9.17) is 5.73 Å². The van der Waals surface area contributed by atoms with E-state index in [1.165, 1.54) is 0 Å². The Balaban J connectivity index is 2.51. The number of rotatable bonds is 7. The number of carbonyl (C=O) groups excluding carboxylic acids is 1. The molecule has 0 bridgehead atoms. The van der Waals surface area contributed by atoms with E-state index in [0.29, 0.717) is 25.1 Å². The molecular weight excluding hydrogens is 264 g/mol. The molecule has 19 heavy (non-hydrogen) atoms. The van der Waals surface area contributed by atoms with Crippen LogP contribution in [0.1, 0.15) is 18.4 Å². The van der Waals surface area contributed by atoms with Crippen LogP contribution < -0.4 is 11.1 Å². The summed E-state index contributed by atoms with van der Waals surface area (Å²) in [6.07, 6.45) is 1.15. The monoisotopic (exact) mass is 284 g/mol. The summed E-state index contributed by atoms with van der Waals surface area (Å²) in [7, 11) is -3.35. The van der Waals surface area contributed by atoms with Crippen LogP contribution in [0.2, 0.25) is 0 Å². The predicted octanol–water partition coefficient (Wildman–Crippen LogP) is 1.09. The molecule has 0 saturated carbocycles. The largest absolute Gasteiger partial charge is 0.330 e. The molecule has 0 aliphatic heterocycles. The summed E-state index contributed by atoms with van der Waals surface area (Å²) in [5.74, 6) is -0.977. The number of hydrogen-bond donors (Lipinski definition) is 2.